The van der Waals surface area contributed by atoms with Gasteiger partial charge < -0.3 is 10.6 Å². The number of hydrogen-bond acceptors (Lipinski definition) is 7. The summed E-state index contributed by atoms with van der Waals surface area (Å²) in [6.07, 6.45) is 5.56. The monoisotopic (exact) mass is 269 g/mol. The summed E-state index contributed by atoms with van der Waals surface area (Å²) in [5.41, 5.74) is -0.0918. The fourth-order valence-electron chi connectivity index (χ4n) is 1.60. The van der Waals surface area contributed by atoms with Gasteiger partial charge in [-0.2, -0.15) is 16.7 Å². The minimum atomic E-state index is -0.472. The van der Waals surface area contributed by atoms with Crippen LogP contribution in [0.4, 0.5) is 17.5 Å². The number of thioether (sulfide) groups is 1. The van der Waals surface area contributed by atoms with E-state index in [0.717, 1.165) is 12.8 Å². The quantitative estimate of drug-likeness (QED) is 0.600. The summed E-state index contributed by atoms with van der Waals surface area (Å²) in [4.78, 5) is 18.4. The molecular weight excluding hydrogens is 254 g/mol. The Balaban J connectivity index is 2.16. The first-order valence-electron chi connectivity index (χ1n) is 5.58. The van der Waals surface area contributed by atoms with E-state index >= 15 is 0 Å². The average molecular weight is 269 g/mol. The Labute approximate surface area is 109 Å². The summed E-state index contributed by atoms with van der Waals surface area (Å²) in [7, 11) is 1.68. The molecule has 7 nitrogen and oxygen atoms in total. The Hall–Kier alpha value is -1.57. The van der Waals surface area contributed by atoms with Gasteiger partial charge in [-0.25, -0.2) is 4.98 Å². The molecule has 1 aliphatic rings. The van der Waals surface area contributed by atoms with Gasteiger partial charge in [0, 0.05) is 18.3 Å². The number of nitro groups is 1. The summed E-state index contributed by atoms with van der Waals surface area (Å²) in [6, 6.07) is 0. The van der Waals surface area contributed by atoms with Crippen LogP contribution < -0.4 is 10.6 Å². The molecule has 0 aliphatic heterocycles. The molecule has 0 spiro atoms. The number of hydrogen-bond donors (Lipinski definition) is 2. The molecule has 0 unspecified atom stereocenters. The molecule has 1 aromatic rings. The second kappa shape index (κ2) is 4.97. The molecule has 0 saturated heterocycles. The van der Waals surface area contributed by atoms with Crippen LogP contribution in [0.25, 0.3) is 0 Å². The van der Waals surface area contributed by atoms with Gasteiger partial charge in [0.1, 0.15) is 6.20 Å². The normalized spacial score (nSPS) is 16.1. The number of rotatable bonds is 6. The van der Waals surface area contributed by atoms with Gasteiger partial charge >= 0.3 is 5.69 Å². The van der Waals surface area contributed by atoms with Crippen LogP contribution in [0, 0.1) is 10.1 Å². The van der Waals surface area contributed by atoms with Crippen LogP contribution in [-0.2, 0) is 0 Å². The first kappa shape index (κ1) is 12.9. The lowest BCUT2D eigenvalue weighted by Crippen LogP contribution is -2.19. The molecule has 0 aromatic carbocycles. The Morgan fingerprint density at radius 1 is 1.61 bits per heavy atom. The fourth-order valence-corrected chi connectivity index (χ4v) is 2.32. The lowest BCUT2D eigenvalue weighted by atomic mass is 10.4. The molecule has 0 amide bonds. The fraction of sp³-hybridized carbons (Fsp3) is 0.600. The largest absolute Gasteiger partial charge is 0.363 e. The third-order valence-corrected chi connectivity index (χ3v) is 4.43. The Morgan fingerprint density at radius 3 is 2.83 bits per heavy atom. The van der Waals surface area contributed by atoms with Crippen molar-refractivity contribution in [3.8, 4) is 0 Å². The molecule has 98 valence electrons. The molecule has 0 bridgehead atoms. The van der Waals surface area contributed by atoms with Crippen molar-refractivity contribution in [3.05, 3.63) is 16.3 Å². The van der Waals surface area contributed by atoms with Crippen molar-refractivity contribution >= 4 is 29.2 Å². The van der Waals surface area contributed by atoms with Gasteiger partial charge in [0.05, 0.1) is 4.92 Å². The third-order valence-electron chi connectivity index (χ3n) is 3.01. The molecule has 2 rings (SSSR count). The highest BCUT2D eigenvalue weighted by Crippen LogP contribution is 2.47. The van der Waals surface area contributed by atoms with E-state index < -0.39 is 4.92 Å². The molecular formula is C10H15N5O2S. The molecule has 1 aliphatic carbocycles. The Kier molecular flexibility index (Phi) is 3.55. The maximum Gasteiger partial charge on any atom is 0.329 e. The molecule has 1 saturated carbocycles. The van der Waals surface area contributed by atoms with E-state index in [-0.39, 0.29) is 16.3 Å². The number of nitrogens with one attached hydrogen (secondary N) is 2. The summed E-state index contributed by atoms with van der Waals surface area (Å²) in [5.74, 6) is 0.650. The average Bonchev–Trinajstić information content (AvgIpc) is 3.16. The van der Waals surface area contributed by atoms with Crippen molar-refractivity contribution in [3.63, 3.8) is 0 Å². The summed E-state index contributed by atoms with van der Waals surface area (Å²) >= 11 is 1.79. The van der Waals surface area contributed by atoms with E-state index in [1.165, 1.54) is 6.20 Å². The Morgan fingerprint density at radius 2 is 2.33 bits per heavy atom. The topological polar surface area (TPSA) is 93.0 Å². The zero-order valence-corrected chi connectivity index (χ0v) is 11.1. The van der Waals surface area contributed by atoms with Crippen molar-refractivity contribution in [2.24, 2.45) is 0 Å². The van der Waals surface area contributed by atoms with Crippen LogP contribution in [-0.4, -0.2) is 39.5 Å². The zero-order chi connectivity index (χ0) is 13.2. The van der Waals surface area contributed by atoms with E-state index in [9.17, 15) is 10.1 Å². The first-order chi connectivity index (χ1) is 8.60. The maximum atomic E-state index is 10.9. The number of nitrogens with zero attached hydrogens (tertiary/aromatic N) is 3. The molecule has 18 heavy (non-hydrogen) atoms. The smallest absolute Gasteiger partial charge is 0.329 e. The lowest BCUT2D eigenvalue weighted by Gasteiger charge is -2.13. The first-order valence-corrected chi connectivity index (χ1v) is 6.81. The zero-order valence-electron chi connectivity index (χ0n) is 10.3. The molecule has 1 heterocycles. The number of anilines is 2. The van der Waals surface area contributed by atoms with Crippen molar-refractivity contribution < 1.29 is 4.92 Å². The van der Waals surface area contributed by atoms with Crippen LogP contribution in [0.3, 0.4) is 0 Å². The standard InChI is InChI=1S/C10H15N5O2S/c1-11-9-12-5-7(15(16)17)8(14-9)13-6-10(18-2)3-4-10/h5H,3-4,6H2,1-2H3,(H2,11,12,13,14). The van der Waals surface area contributed by atoms with Crippen LogP contribution >= 0.6 is 11.8 Å². The minimum absolute atomic E-state index is 0.0918. The summed E-state index contributed by atoms with van der Waals surface area (Å²) in [6.45, 7) is 0.690. The molecule has 0 atom stereocenters. The predicted molar refractivity (Wildman–Crippen MR) is 72.2 cm³/mol. The van der Waals surface area contributed by atoms with Crippen molar-refractivity contribution in [1.82, 2.24) is 9.97 Å². The van der Waals surface area contributed by atoms with E-state index in [0.29, 0.717) is 12.5 Å². The van der Waals surface area contributed by atoms with Crippen LogP contribution in [0.1, 0.15) is 12.8 Å². The van der Waals surface area contributed by atoms with Crippen LogP contribution in [0.15, 0.2) is 6.20 Å². The second-order valence-corrected chi connectivity index (χ2v) is 5.45. The van der Waals surface area contributed by atoms with E-state index in [2.05, 4.69) is 26.9 Å². The summed E-state index contributed by atoms with van der Waals surface area (Å²) in [5, 5.41) is 16.7. The molecule has 1 aromatic heterocycles. The van der Waals surface area contributed by atoms with Gasteiger partial charge in [0.15, 0.2) is 0 Å². The van der Waals surface area contributed by atoms with E-state index in [1.54, 1.807) is 18.8 Å². The van der Waals surface area contributed by atoms with Gasteiger partial charge in [-0.1, -0.05) is 0 Å². The SMILES string of the molecule is CNc1ncc([N+](=O)[O-])c(NCC2(SC)CC2)n1. The number of aromatic nitrogens is 2. The van der Waals surface area contributed by atoms with Gasteiger partial charge in [0.2, 0.25) is 11.8 Å². The highest BCUT2D eigenvalue weighted by molar-refractivity contribution is 8.00. The van der Waals surface area contributed by atoms with Gasteiger partial charge in [-0.3, -0.25) is 10.1 Å². The molecule has 2 N–H and O–H groups in total. The summed E-state index contributed by atoms with van der Waals surface area (Å²) < 4.78 is 0.221. The van der Waals surface area contributed by atoms with Gasteiger partial charge in [0.25, 0.3) is 0 Å². The van der Waals surface area contributed by atoms with Crippen molar-refractivity contribution in [1.29, 1.82) is 0 Å². The van der Waals surface area contributed by atoms with Crippen LogP contribution in [0.2, 0.25) is 0 Å². The van der Waals surface area contributed by atoms with Gasteiger partial charge in [-0.05, 0) is 19.1 Å². The Bertz CT molecular complexity index is 464. The molecule has 1 fully saturated rings. The second-order valence-electron chi connectivity index (χ2n) is 4.18. The van der Waals surface area contributed by atoms with E-state index in [1.807, 2.05) is 0 Å². The highest BCUT2D eigenvalue weighted by atomic mass is 32.2. The highest BCUT2D eigenvalue weighted by Gasteiger charge is 2.42. The van der Waals surface area contributed by atoms with E-state index in [4.69, 9.17) is 0 Å². The van der Waals surface area contributed by atoms with Gasteiger partial charge in [-0.15, -0.1) is 0 Å². The third kappa shape index (κ3) is 2.63. The molecule has 8 heteroatoms. The maximum absolute atomic E-state index is 10.9. The van der Waals surface area contributed by atoms with Crippen molar-refractivity contribution in [2.45, 2.75) is 17.6 Å². The molecule has 0 radical (unpaired) electrons. The predicted octanol–water partition coefficient (Wildman–Crippen LogP) is 1.73. The lowest BCUT2D eigenvalue weighted by molar-refractivity contribution is -0.384. The van der Waals surface area contributed by atoms with Crippen molar-refractivity contribution in [2.75, 3.05) is 30.5 Å². The van der Waals surface area contributed by atoms with Crippen LogP contribution in [0.5, 0.6) is 0 Å². The minimum Gasteiger partial charge on any atom is -0.363 e.